The molecule has 0 spiro atoms. The van der Waals surface area contributed by atoms with E-state index in [4.69, 9.17) is 8.94 Å². The second kappa shape index (κ2) is 8.08. The fourth-order valence-corrected chi connectivity index (χ4v) is 3.31. The van der Waals surface area contributed by atoms with E-state index in [9.17, 15) is 9.59 Å². The monoisotopic (exact) mass is 380 g/mol. The highest BCUT2D eigenvalue weighted by Crippen LogP contribution is 2.24. The minimum atomic E-state index is -0.526. The molecule has 0 aliphatic carbocycles. The highest BCUT2D eigenvalue weighted by Gasteiger charge is 2.34. The van der Waals surface area contributed by atoms with Gasteiger partial charge in [-0.05, 0) is 43.0 Å². The molecule has 0 bridgehead atoms. The van der Waals surface area contributed by atoms with Crippen LogP contribution in [0.2, 0.25) is 0 Å². The number of pyridine rings is 1. The third-order valence-corrected chi connectivity index (χ3v) is 4.75. The molecular formula is C20H20N4O4. The Hall–Kier alpha value is -3.42. The van der Waals surface area contributed by atoms with Gasteiger partial charge >= 0.3 is 0 Å². The number of rotatable bonds is 5. The first kappa shape index (κ1) is 18.0. The summed E-state index contributed by atoms with van der Waals surface area (Å²) in [4.78, 5) is 31.3. The lowest BCUT2D eigenvalue weighted by Crippen LogP contribution is -2.51. The number of amides is 2. The first-order chi connectivity index (χ1) is 13.7. The van der Waals surface area contributed by atoms with Gasteiger partial charge in [0, 0.05) is 31.5 Å². The third kappa shape index (κ3) is 3.80. The van der Waals surface area contributed by atoms with Gasteiger partial charge in [0.2, 0.25) is 11.7 Å². The van der Waals surface area contributed by atoms with Gasteiger partial charge in [-0.3, -0.25) is 14.6 Å². The summed E-state index contributed by atoms with van der Waals surface area (Å²) >= 11 is 0. The third-order valence-electron chi connectivity index (χ3n) is 4.75. The fourth-order valence-electron chi connectivity index (χ4n) is 3.31. The number of carbonyl (C=O) groups excluding carboxylic acids is 2. The molecule has 1 fully saturated rings. The van der Waals surface area contributed by atoms with E-state index in [1.54, 1.807) is 35.5 Å². The smallest absolute Gasteiger partial charge is 0.276 e. The van der Waals surface area contributed by atoms with E-state index in [0.717, 1.165) is 18.4 Å². The molecule has 2 amide bonds. The number of hydrogen-bond acceptors (Lipinski definition) is 6. The van der Waals surface area contributed by atoms with Gasteiger partial charge in [0.1, 0.15) is 6.04 Å². The van der Waals surface area contributed by atoms with Gasteiger partial charge in [0.05, 0.1) is 6.26 Å². The molecule has 8 heteroatoms. The van der Waals surface area contributed by atoms with Gasteiger partial charge < -0.3 is 19.2 Å². The van der Waals surface area contributed by atoms with Crippen molar-refractivity contribution in [3.05, 3.63) is 60.2 Å². The Morgan fingerprint density at radius 3 is 2.93 bits per heavy atom. The molecule has 1 unspecified atom stereocenters. The maximum absolute atomic E-state index is 13.0. The Bertz CT molecular complexity index is 936. The topological polar surface area (TPSA) is 101 Å². The summed E-state index contributed by atoms with van der Waals surface area (Å²) in [6.45, 7) is 0.880. The van der Waals surface area contributed by atoms with E-state index in [1.807, 2.05) is 12.1 Å². The van der Waals surface area contributed by atoms with Crippen molar-refractivity contribution in [1.29, 1.82) is 0 Å². The standard InChI is InChI=1S/C20H20N4O4/c25-19(22-13-14-5-3-8-21-12-14)16-6-1-2-9-24(16)20(26)15-11-18(28-23-15)17-7-4-10-27-17/h3-5,7-8,10-12,16H,1-2,6,9,13H2,(H,22,25). The molecule has 8 nitrogen and oxygen atoms in total. The summed E-state index contributed by atoms with van der Waals surface area (Å²) in [5, 5.41) is 6.77. The minimum Gasteiger partial charge on any atom is -0.461 e. The number of nitrogens with one attached hydrogen (secondary N) is 1. The van der Waals surface area contributed by atoms with Crippen LogP contribution in [0.25, 0.3) is 11.5 Å². The molecule has 1 N–H and O–H groups in total. The number of likely N-dealkylation sites (tertiary alicyclic amines) is 1. The van der Waals surface area contributed by atoms with Crippen molar-refractivity contribution < 1.29 is 18.5 Å². The lowest BCUT2D eigenvalue weighted by Gasteiger charge is -2.34. The Labute approximate surface area is 161 Å². The molecular weight excluding hydrogens is 360 g/mol. The van der Waals surface area contributed by atoms with Gasteiger partial charge in [-0.2, -0.15) is 0 Å². The second-order valence-electron chi connectivity index (χ2n) is 6.64. The van der Waals surface area contributed by atoms with E-state index in [1.165, 1.54) is 6.26 Å². The molecule has 1 atom stereocenters. The largest absolute Gasteiger partial charge is 0.461 e. The van der Waals surface area contributed by atoms with Crippen molar-refractivity contribution in [1.82, 2.24) is 20.4 Å². The molecule has 1 aliphatic rings. The maximum atomic E-state index is 13.0. The van der Waals surface area contributed by atoms with Crippen molar-refractivity contribution in [2.24, 2.45) is 0 Å². The van der Waals surface area contributed by atoms with Gasteiger partial charge in [0.15, 0.2) is 11.5 Å². The number of furan rings is 1. The van der Waals surface area contributed by atoms with E-state index in [2.05, 4.69) is 15.5 Å². The van der Waals surface area contributed by atoms with Gasteiger partial charge in [0.25, 0.3) is 5.91 Å². The second-order valence-corrected chi connectivity index (χ2v) is 6.64. The van der Waals surface area contributed by atoms with Crippen LogP contribution in [0.15, 0.2) is 57.9 Å². The maximum Gasteiger partial charge on any atom is 0.276 e. The van der Waals surface area contributed by atoms with Crippen LogP contribution >= 0.6 is 0 Å². The highest BCUT2D eigenvalue weighted by atomic mass is 16.5. The zero-order valence-electron chi connectivity index (χ0n) is 15.2. The SMILES string of the molecule is O=C(NCc1cccnc1)C1CCCCN1C(=O)c1cc(-c2ccco2)on1. The van der Waals surface area contributed by atoms with Crippen LogP contribution in [-0.2, 0) is 11.3 Å². The average molecular weight is 380 g/mol. The Morgan fingerprint density at radius 1 is 1.21 bits per heavy atom. The number of carbonyl (C=O) groups is 2. The summed E-state index contributed by atoms with van der Waals surface area (Å²) < 4.78 is 10.5. The normalized spacial score (nSPS) is 16.7. The van der Waals surface area contributed by atoms with Crippen LogP contribution in [-0.4, -0.2) is 39.4 Å². The van der Waals surface area contributed by atoms with Crippen molar-refractivity contribution in [2.45, 2.75) is 31.8 Å². The number of nitrogens with zero attached hydrogens (tertiary/aromatic N) is 3. The predicted octanol–water partition coefficient (Wildman–Crippen LogP) is 2.64. The number of hydrogen-bond donors (Lipinski definition) is 1. The Balaban J connectivity index is 1.45. The molecule has 4 rings (SSSR count). The molecule has 144 valence electrons. The van der Waals surface area contributed by atoms with Crippen molar-refractivity contribution >= 4 is 11.8 Å². The predicted molar refractivity (Wildman–Crippen MR) is 99.0 cm³/mol. The zero-order valence-corrected chi connectivity index (χ0v) is 15.2. The minimum absolute atomic E-state index is 0.165. The zero-order chi connectivity index (χ0) is 19.3. The van der Waals surface area contributed by atoms with Crippen molar-refractivity contribution in [3.8, 4) is 11.5 Å². The van der Waals surface area contributed by atoms with E-state index >= 15 is 0 Å². The van der Waals surface area contributed by atoms with Crippen LogP contribution < -0.4 is 5.32 Å². The molecule has 4 heterocycles. The fraction of sp³-hybridized carbons (Fsp3) is 0.300. The van der Waals surface area contributed by atoms with Crippen LogP contribution in [0, 0.1) is 0 Å². The van der Waals surface area contributed by atoms with Crippen molar-refractivity contribution in [3.63, 3.8) is 0 Å². The van der Waals surface area contributed by atoms with Crippen LogP contribution in [0.1, 0.15) is 35.3 Å². The Morgan fingerprint density at radius 2 is 2.14 bits per heavy atom. The molecule has 0 radical (unpaired) electrons. The quantitative estimate of drug-likeness (QED) is 0.730. The lowest BCUT2D eigenvalue weighted by molar-refractivity contribution is -0.126. The first-order valence-corrected chi connectivity index (χ1v) is 9.20. The summed E-state index contributed by atoms with van der Waals surface area (Å²) in [5.74, 6) is 0.383. The van der Waals surface area contributed by atoms with Crippen LogP contribution in [0.3, 0.4) is 0 Å². The summed E-state index contributed by atoms with van der Waals surface area (Å²) in [7, 11) is 0. The lowest BCUT2D eigenvalue weighted by atomic mass is 10.0. The molecule has 1 saturated heterocycles. The molecule has 28 heavy (non-hydrogen) atoms. The average Bonchev–Trinajstić information content (AvgIpc) is 3.44. The summed E-state index contributed by atoms with van der Waals surface area (Å²) in [6, 6.07) is 8.18. The Kier molecular flexibility index (Phi) is 5.18. The molecule has 1 aliphatic heterocycles. The van der Waals surface area contributed by atoms with Crippen LogP contribution in [0.5, 0.6) is 0 Å². The molecule has 0 aromatic carbocycles. The first-order valence-electron chi connectivity index (χ1n) is 9.20. The van der Waals surface area contributed by atoms with E-state index < -0.39 is 6.04 Å². The van der Waals surface area contributed by atoms with Gasteiger partial charge in [-0.15, -0.1) is 0 Å². The molecule has 0 saturated carbocycles. The van der Waals surface area contributed by atoms with Crippen LogP contribution in [0.4, 0.5) is 0 Å². The number of piperidine rings is 1. The van der Waals surface area contributed by atoms with E-state index in [-0.39, 0.29) is 17.5 Å². The summed E-state index contributed by atoms with van der Waals surface area (Å²) in [5.41, 5.74) is 1.07. The van der Waals surface area contributed by atoms with Gasteiger partial charge in [-0.1, -0.05) is 11.2 Å². The van der Waals surface area contributed by atoms with Crippen molar-refractivity contribution in [2.75, 3.05) is 6.54 Å². The highest BCUT2D eigenvalue weighted by molar-refractivity contribution is 5.96. The van der Waals surface area contributed by atoms with Gasteiger partial charge in [-0.25, -0.2) is 0 Å². The van der Waals surface area contributed by atoms with E-state index in [0.29, 0.717) is 31.0 Å². The molecule has 3 aromatic heterocycles. The molecule has 3 aromatic rings. The number of aromatic nitrogens is 2. The summed E-state index contributed by atoms with van der Waals surface area (Å²) in [6.07, 6.45) is 7.27.